The van der Waals surface area contributed by atoms with Gasteiger partial charge in [-0.3, -0.25) is 4.79 Å². The summed E-state index contributed by atoms with van der Waals surface area (Å²) in [6.45, 7) is 2.60. The predicted octanol–water partition coefficient (Wildman–Crippen LogP) is 2.25. The Kier molecular flexibility index (Phi) is 4.85. The fourth-order valence-electron chi connectivity index (χ4n) is 2.19. The summed E-state index contributed by atoms with van der Waals surface area (Å²) in [6, 6.07) is 8.15. The van der Waals surface area contributed by atoms with Crippen molar-refractivity contribution in [2.75, 3.05) is 12.4 Å². The molecule has 0 aliphatic heterocycles. The third-order valence-electron chi connectivity index (χ3n) is 3.53. The lowest BCUT2D eigenvalue weighted by Gasteiger charge is -2.06. The third kappa shape index (κ3) is 4.04. The molecule has 122 valence electrons. The van der Waals surface area contributed by atoms with Crippen LogP contribution < -0.4 is 10.1 Å². The fourth-order valence-corrected chi connectivity index (χ4v) is 2.91. The second-order valence-corrected chi connectivity index (χ2v) is 6.40. The van der Waals surface area contributed by atoms with Gasteiger partial charge >= 0.3 is 0 Å². The molecule has 2 aromatic rings. The quantitative estimate of drug-likeness (QED) is 0.788. The summed E-state index contributed by atoms with van der Waals surface area (Å²) < 4.78 is 7.35. The number of rotatable bonds is 7. The number of carbonyl (C=O) groups is 1. The molecule has 0 spiro atoms. The summed E-state index contributed by atoms with van der Waals surface area (Å²) in [5.74, 6) is 2.04. The number of nitrogens with one attached hydrogen (secondary N) is 1. The van der Waals surface area contributed by atoms with E-state index in [-0.39, 0.29) is 5.91 Å². The molecule has 0 bridgehead atoms. The average Bonchev–Trinajstić information content (AvgIpc) is 3.28. The molecule has 1 aromatic heterocycles. The molecule has 0 saturated heterocycles. The van der Waals surface area contributed by atoms with E-state index >= 15 is 0 Å². The van der Waals surface area contributed by atoms with Crippen molar-refractivity contribution in [2.45, 2.75) is 31.0 Å². The Balaban J connectivity index is 1.64. The smallest absolute Gasteiger partial charge is 0.230 e. The molecular weight excluding hydrogens is 312 g/mol. The van der Waals surface area contributed by atoms with Crippen LogP contribution in [0.15, 0.2) is 29.4 Å². The maximum Gasteiger partial charge on any atom is 0.230 e. The molecule has 1 N–H and O–H groups in total. The maximum atomic E-state index is 11.8. The highest BCUT2D eigenvalue weighted by Gasteiger charge is 2.23. The van der Waals surface area contributed by atoms with Crippen molar-refractivity contribution >= 4 is 17.7 Å². The van der Waals surface area contributed by atoms with Crippen LogP contribution in [0.4, 0.5) is 0 Å². The number of hydrogen-bond donors (Lipinski definition) is 1. The van der Waals surface area contributed by atoms with Gasteiger partial charge < -0.3 is 14.6 Å². The van der Waals surface area contributed by atoms with E-state index in [0.717, 1.165) is 35.1 Å². The van der Waals surface area contributed by atoms with Gasteiger partial charge in [-0.05, 0) is 44.0 Å². The maximum absolute atomic E-state index is 11.8. The molecule has 1 aromatic carbocycles. The van der Waals surface area contributed by atoms with Crippen LogP contribution >= 0.6 is 11.8 Å². The number of amides is 1. The van der Waals surface area contributed by atoms with Crippen molar-refractivity contribution in [3.05, 3.63) is 24.3 Å². The lowest BCUT2D eigenvalue weighted by Crippen LogP contribution is -2.27. The number of thioether (sulfide) groups is 1. The van der Waals surface area contributed by atoms with Gasteiger partial charge in [-0.1, -0.05) is 11.8 Å². The lowest BCUT2D eigenvalue weighted by molar-refractivity contribution is -0.118. The molecule has 1 fully saturated rings. The number of nitrogens with zero attached hydrogens (tertiary/aromatic N) is 3. The molecule has 0 atom stereocenters. The molecule has 1 aliphatic carbocycles. The van der Waals surface area contributed by atoms with E-state index in [0.29, 0.717) is 18.4 Å². The average molecular weight is 332 g/mol. The largest absolute Gasteiger partial charge is 0.494 e. The van der Waals surface area contributed by atoms with Gasteiger partial charge in [0.05, 0.1) is 12.4 Å². The highest BCUT2D eigenvalue weighted by Crippen LogP contribution is 2.25. The van der Waals surface area contributed by atoms with Crippen molar-refractivity contribution in [1.29, 1.82) is 0 Å². The fraction of sp³-hybridized carbons (Fsp3) is 0.438. The Bertz CT molecular complexity index is 680. The second-order valence-electron chi connectivity index (χ2n) is 5.45. The molecule has 23 heavy (non-hydrogen) atoms. The zero-order valence-corrected chi connectivity index (χ0v) is 14.1. The molecule has 1 amide bonds. The van der Waals surface area contributed by atoms with Crippen molar-refractivity contribution < 1.29 is 9.53 Å². The molecule has 7 heteroatoms. The minimum absolute atomic E-state index is 0.0584. The van der Waals surface area contributed by atoms with E-state index in [1.165, 1.54) is 11.8 Å². The Hall–Kier alpha value is -2.02. The van der Waals surface area contributed by atoms with Gasteiger partial charge in [-0.2, -0.15) is 0 Å². The monoisotopic (exact) mass is 332 g/mol. The van der Waals surface area contributed by atoms with Crippen molar-refractivity contribution in [2.24, 2.45) is 7.05 Å². The van der Waals surface area contributed by atoms with Gasteiger partial charge in [0.2, 0.25) is 5.91 Å². The summed E-state index contributed by atoms with van der Waals surface area (Å²) in [6.07, 6.45) is 2.20. The standard InChI is InChI=1S/C16H20N4O2S/c1-3-22-13-8-4-11(5-9-13)15-18-19-16(20(15)2)23-10-14(21)17-12-6-7-12/h4-5,8-9,12H,3,6-7,10H2,1-2H3,(H,17,21). The first-order chi connectivity index (χ1) is 11.2. The summed E-state index contributed by atoms with van der Waals surface area (Å²) >= 11 is 1.40. The highest BCUT2D eigenvalue weighted by atomic mass is 32.2. The van der Waals surface area contributed by atoms with Gasteiger partial charge in [0, 0.05) is 18.7 Å². The number of ether oxygens (including phenoxy) is 1. The Morgan fingerprint density at radius 2 is 2.09 bits per heavy atom. The minimum atomic E-state index is 0.0584. The molecule has 0 radical (unpaired) electrons. The molecule has 1 saturated carbocycles. The van der Waals surface area contributed by atoms with E-state index in [1.54, 1.807) is 0 Å². The number of hydrogen-bond acceptors (Lipinski definition) is 5. The second kappa shape index (κ2) is 7.04. The first-order valence-electron chi connectivity index (χ1n) is 7.72. The zero-order valence-electron chi connectivity index (χ0n) is 13.3. The van der Waals surface area contributed by atoms with Crippen LogP contribution in [-0.2, 0) is 11.8 Å². The van der Waals surface area contributed by atoms with Crippen LogP contribution in [-0.4, -0.2) is 39.1 Å². The summed E-state index contributed by atoms with van der Waals surface area (Å²) in [5.41, 5.74) is 0.970. The van der Waals surface area contributed by atoms with Crippen LogP contribution in [0.25, 0.3) is 11.4 Å². The normalized spacial score (nSPS) is 13.8. The first kappa shape index (κ1) is 15.9. The molecule has 1 heterocycles. The summed E-state index contributed by atoms with van der Waals surface area (Å²) in [4.78, 5) is 11.8. The summed E-state index contributed by atoms with van der Waals surface area (Å²) in [5, 5.41) is 12.1. The third-order valence-corrected chi connectivity index (χ3v) is 4.55. The Morgan fingerprint density at radius 3 is 2.74 bits per heavy atom. The number of aromatic nitrogens is 3. The van der Waals surface area contributed by atoms with E-state index in [9.17, 15) is 4.79 Å². The van der Waals surface area contributed by atoms with Crippen molar-refractivity contribution in [3.63, 3.8) is 0 Å². The van der Waals surface area contributed by atoms with Crippen molar-refractivity contribution in [3.8, 4) is 17.1 Å². The molecule has 0 unspecified atom stereocenters. The number of carbonyl (C=O) groups excluding carboxylic acids is 1. The topological polar surface area (TPSA) is 69.0 Å². The van der Waals surface area contributed by atoms with E-state index in [4.69, 9.17) is 4.74 Å². The van der Waals surface area contributed by atoms with Crippen LogP contribution in [0.5, 0.6) is 5.75 Å². The van der Waals surface area contributed by atoms with Gasteiger partial charge in [-0.15, -0.1) is 10.2 Å². The molecule has 1 aliphatic rings. The SMILES string of the molecule is CCOc1ccc(-c2nnc(SCC(=O)NC3CC3)n2C)cc1. The highest BCUT2D eigenvalue weighted by molar-refractivity contribution is 7.99. The zero-order chi connectivity index (χ0) is 16.2. The van der Waals surface area contributed by atoms with E-state index in [2.05, 4.69) is 15.5 Å². The van der Waals surface area contributed by atoms with Crippen molar-refractivity contribution in [1.82, 2.24) is 20.1 Å². The van der Waals surface area contributed by atoms with Crippen LogP contribution in [0.2, 0.25) is 0 Å². The number of benzene rings is 1. The van der Waals surface area contributed by atoms with Gasteiger partial charge in [0.15, 0.2) is 11.0 Å². The molecule has 3 rings (SSSR count). The first-order valence-corrected chi connectivity index (χ1v) is 8.70. The van der Waals surface area contributed by atoms with Crippen LogP contribution in [0.3, 0.4) is 0 Å². The Morgan fingerprint density at radius 1 is 1.35 bits per heavy atom. The molecule has 6 nitrogen and oxygen atoms in total. The van der Waals surface area contributed by atoms with E-state index < -0.39 is 0 Å². The van der Waals surface area contributed by atoms with Gasteiger partial charge in [0.25, 0.3) is 0 Å². The Labute approximate surface area is 139 Å². The molecular formula is C16H20N4O2S. The van der Waals surface area contributed by atoms with Gasteiger partial charge in [0.1, 0.15) is 5.75 Å². The van der Waals surface area contributed by atoms with E-state index in [1.807, 2.05) is 42.8 Å². The van der Waals surface area contributed by atoms with Gasteiger partial charge in [-0.25, -0.2) is 0 Å². The minimum Gasteiger partial charge on any atom is -0.494 e. The predicted molar refractivity (Wildman–Crippen MR) is 89.5 cm³/mol. The van der Waals surface area contributed by atoms with Crippen LogP contribution in [0.1, 0.15) is 19.8 Å². The summed E-state index contributed by atoms with van der Waals surface area (Å²) in [7, 11) is 1.91. The lowest BCUT2D eigenvalue weighted by atomic mass is 10.2. The van der Waals surface area contributed by atoms with Crippen LogP contribution in [0, 0.1) is 0 Å².